The molecule has 29 heavy (non-hydrogen) atoms. The van der Waals surface area contributed by atoms with E-state index in [0.717, 1.165) is 5.56 Å². The Labute approximate surface area is 168 Å². The molecule has 8 heteroatoms. The van der Waals surface area contributed by atoms with Gasteiger partial charge in [0.15, 0.2) is 17.2 Å². The summed E-state index contributed by atoms with van der Waals surface area (Å²) >= 11 is 0. The summed E-state index contributed by atoms with van der Waals surface area (Å²) in [7, 11) is 4.60. The van der Waals surface area contributed by atoms with Gasteiger partial charge in [0.1, 0.15) is 5.82 Å². The van der Waals surface area contributed by atoms with Crippen molar-refractivity contribution >= 4 is 5.91 Å². The molecule has 0 bridgehead atoms. The van der Waals surface area contributed by atoms with E-state index in [2.05, 4.69) is 10.4 Å². The molecular weight excluding hydrogens is 377 g/mol. The van der Waals surface area contributed by atoms with Crippen LogP contribution in [0, 0.1) is 5.82 Å². The standard InChI is InChI=1S/C21H22FN3O4/c1-13(14-11-18(27-2)20(29-4)19(12-14)28-3)23-21(26)17-9-10-25(24-17)16-7-5-15(22)6-8-16/h5-13H,1-4H3,(H,23,26). The highest BCUT2D eigenvalue weighted by Crippen LogP contribution is 2.39. The molecule has 7 nitrogen and oxygen atoms in total. The molecule has 0 saturated carbocycles. The lowest BCUT2D eigenvalue weighted by Crippen LogP contribution is -2.27. The summed E-state index contributed by atoms with van der Waals surface area (Å²) in [6.07, 6.45) is 1.65. The Morgan fingerprint density at radius 2 is 1.66 bits per heavy atom. The molecule has 2 aromatic carbocycles. The van der Waals surface area contributed by atoms with Crippen LogP contribution in [0.25, 0.3) is 5.69 Å². The lowest BCUT2D eigenvalue weighted by molar-refractivity contribution is 0.0934. The molecule has 1 atom stereocenters. The summed E-state index contributed by atoms with van der Waals surface area (Å²) < 4.78 is 30.6. The minimum atomic E-state index is -0.341. The Balaban J connectivity index is 1.78. The van der Waals surface area contributed by atoms with E-state index in [1.165, 1.54) is 38.1 Å². The molecule has 0 fully saturated rings. The molecule has 0 saturated heterocycles. The smallest absolute Gasteiger partial charge is 0.272 e. The number of nitrogens with zero attached hydrogens (tertiary/aromatic N) is 2. The van der Waals surface area contributed by atoms with Gasteiger partial charge in [0, 0.05) is 6.20 Å². The predicted molar refractivity (Wildman–Crippen MR) is 106 cm³/mol. The number of hydrogen-bond acceptors (Lipinski definition) is 5. The van der Waals surface area contributed by atoms with Gasteiger partial charge in [0.2, 0.25) is 5.75 Å². The molecule has 0 spiro atoms. The van der Waals surface area contributed by atoms with Crippen LogP contribution in [0.15, 0.2) is 48.7 Å². The first-order valence-corrected chi connectivity index (χ1v) is 8.89. The van der Waals surface area contributed by atoms with Crippen molar-refractivity contribution in [3.05, 3.63) is 65.7 Å². The Morgan fingerprint density at radius 1 is 1.03 bits per heavy atom. The highest BCUT2D eigenvalue weighted by molar-refractivity contribution is 5.92. The number of rotatable bonds is 7. The molecule has 0 radical (unpaired) electrons. The zero-order valence-corrected chi connectivity index (χ0v) is 16.6. The maximum absolute atomic E-state index is 13.1. The molecule has 3 rings (SSSR count). The third kappa shape index (κ3) is 4.31. The highest BCUT2D eigenvalue weighted by atomic mass is 19.1. The molecule has 0 aliphatic heterocycles. The van der Waals surface area contributed by atoms with Crippen LogP contribution < -0.4 is 19.5 Å². The number of nitrogens with one attached hydrogen (secondary N) is 1. The second-order valence-electron chi connectivity index (χ2n) is 6.28. The van der Waals surface area contributed by atoms with Gasteiger partial charge in [0.05, 0.1) is 33.1 Å². The van der Waals surface area contributed by atoms with Gasteiger partial charge in [-0.3, -0.25) is 4.79 Å². The normalized spacial score (nSPS) is 11.6. The van der Waals surface area contributed by atoms with Crippen molar-refractivity contribution in [1.29, 1.82) is 0 Å². The average Bonchev–Trinajstić information content (AvgIpc) is 3.23. The van der Waals surface area contributed by atoms with Crippen molar-refractivity contribution in [1.82, 2.24) is 15.1 Å². The van der Waals surface area contributed by atoms with E-state index in [9.17, 15) is 9.18 Å². The number of aromatic nitrogens is 2. The number of carbonyl (C=O) groups is 1. The minimum absolute atomic E-state index is 0.244. The van der Waals surface area contributed by atoms with Gasteiger partial charge in [-0.15, -0.1) is 0 Å². The molecule has 1 unspecified atom stereocenters. The third-order valence-electron chi connectivity index (χ3n) is 4.45. The van der Waals surface area contributed by atoms with E-state index in [1.54, 1.807) is 36.5 Å². The molecule has 1 N–H and O–H groups in total. The molecule has 0 aliphatic carbocycles. The Kier molecular flexibility index (Phi) is 6.01. The SMILES string of the molecule is COc1cc(C(C)NC(=O)c2ccn(-c3ccc(F)cc3)n2)cc(OC)c1OC. The Hall–Kier alpha value is -3.55. The van der Waals surface area contributed by atoms with Crippen LogP contribution in [0.1, 0.15) is 29.0 Å². The van der Waals surface area contributed by atoms with Gasteiger partial charge >= 0.3 is 0 Å². The molecule has 1 heterocycles. The summed E-state index contributed by atoms with van der Waals surface area (Å²) in [6.45, 7) is 1.84. The largest absolute Gasteiger partial charge is 0.493 e. The van der Waals surface area contributed by atoms with Crippen LogP contribution in [0.2, 0.25) is 0 Å². The second kappa shape index (κ2) is 8.64. The first kappa shape index (κ1) is 20.2. The van der Waals surface area contributed by atoms with Gasteiger partial charge < -0.3 is 19.5 Å². The van der Waals surface area contributed by atoms with Crippen LogP contribution >= 0.6 is 0 Å². The molecule has 1 amide bonds. The van der Waals surface area contributed by atoms with Crippen molar-refractivity contribution in [3.8, 4) is 22.9 Å². The molecule has 0 aliphatic rings. The fraction of sp³-hybridized carbons (Fsp3) is 0.238. The average molecular weight is 399 g/mol. The molecular formula is C21H22FN3O4. The van der Waals surface area contributed by atoms with Crippen LogP contribution in [0.4, 0.5) is 4.39 Å². The van der Waals surface area contributed by atoms with Gasteiger partial charge in [0.25, 0.3) is 5.91 Å². The fourth-order valence-electron chi connectivity index (χ4n) is 2.89. The number of ether oxygens (including phenoxy) is 3. The van der Waals surface area contributed by atoms with Crippen LogP contribution in [0.5, 0.6) is 17.2 Å². The highest BCUT2D eigenvalue weighted by Gasteiger charge is 2.19. The Morgan fingerprint density at radius 3 is 2.21 bits per heavy atom. The zero-order valence-electron chi connectivity index (χ0n) is 16.6. The summed E-state index contributed by atoms with van der Waals surface area (Å²) in [6, 6.07) is 10.7. The Bertz CT molecular complexity index is 976. The predicted octanol–water partition coefficient (Wildman–Crippen LogP) is 3.53. The molecule has 3 aromatic rings. The van der Waals surface area contributed by atoms with Crippen molar-refractivity contribution in [2.75, 3.05) is 21.3 Å². The fourth-order valence-corrected chi connectivity index (χ4v) is 2.89. The number of carbonyl (C=O) groups excluding carboxylic acids is 1. The maximum atomic E-state index is 13.1. The topological polar surface area (TPSA) is 74.6 Å². The van der Waals surface area contributed by atoms with Crippen LogP contribution in [-0.4, -0.2) is 37.0 Å². The summed E-state index contributed by atoms with van der Waals surface area (Å²) in [5.74, 6) is 0.813. The molecule has 152 valence electrons. The third-order valence-corrected chi connectivity index (χ3v) is 4.45. The van der Waals surface area contributed by atoms with Gasteiger partial charge in [-0.2, -0.15) is 5.10 Å². The van der Waals surface area contributed by atoms with Crippen molar-refractivity contribution in [3.63, 3.8) is 0 Å². The van der Waals surface area contributed by atoms with Crippen LogP contribution in [-0.2, 0) is 0 Å². The lowest BCUT2D eigenvalue weighted by Gasteiger charge is -2.18. The van der Waals surface area contributed by atoms with E-state index in [4.69, 9.17) is 14.2 Å². The minimum Gasteiger partial charge on any atom is -0.493 e. The van der Waals surface area contributed by atoms with E-state index in [0.29, 0.717) is 22.9 Å². The van der Waals surface area contributed by atoms with Crippen molar-refractivity contribution < 1.29 is 23.4 Å². The van der Waals surface area contributed by atoms with E-state index in [1.807, 2.05) is 6.92 Å². The summed E-state index contributed by atoms with van der Waals surface area (Å²) in [5.41, 5.74) is 1.68. The van der Waals surface area contributed by atoms with Gasteiger partial charge in [-0.05, 0) is 55.0 Å². The number of benzene rings is 2. The summed E-state index contributed by atoms with van der Waals surface area (Å²) in [5, 5.41) is 7.16. The van der Waals surface area contributed by atoms with Crippen molar-refractivity contribution in [2.24, 2.45) is 0 Å². The first-order valence-electron chi connectivity index (χ1n) is 8.89. The zero-order chi connectivity index (χ0) is 21.0. The van der Waals surface area contributed by atoms with E-state index in [-0.39, 0.29) is 23.5 Å². The van der Waals surface area contributed by atoms with E-state index >= 15 is 0 Å². The van der Waals surface area contributed by atoms with Crippen LogP contribution in [0.3, 0.4) is 0 Å². The first-order chi connectivity index (χ1) is 14.0. The van der Waals surface area contributed by atoms with E-state index < -0.39 is 0 Å². The number of hydrogen-bond donors (Lipinski definition) is 1. The lowest BCUT2D eigenvalue weighted by atomic mass is 10.1. The van der Waals surface area contributed by atoms with Gasteiger partial charge in [-0.25, -0.2) is 9.07 Å². The second-order valence-corrected chi connectivity index (χ2v) is 6.28. The quantitative estimate of drug-likeness (QED) is 0.658. The maximum Gasteiger partial charge on any atom is 0.272 e. The van der Waals surface area contributed by atoms with Crippen molar-refractivity contribution in [2.45, 2.75) is 13.0 Å². The number of methoxy groups -OCH3 is 3. The number of halogens is 1. The monoisotopic (exact) mass is 399 g/mol. The summed E-state index contributed by atoms with van der Waals surface area (Å²) in [4.78, 5) is 12.6. The molecule has 1 aromatic heterocycles. The number of amides is 1. The van der Waals surface area contributed by atoms with Gasteiger partial charge in [-0.1, -0.05) is 0 Å².